The van der Waals surface area contributed by atoms with Crippen molar-refractivity contribution in [2.24, 2.45) is 0 Å². The zero-order chi connectivity index (χ0) is 15.8. The molecule has 0 fully saturated rings. The van der Waals surface area contributed by atoms with Gasteiger partial charge in [-0.15, -0.1) is 0 Å². The van der Waals surface area contributed by atoms with Crippen LogP contribution in [0.25, 0.3) is 6.08 Å². The molecule has 4 heteroatoms. The van der Waals surface area contributed by atoms with Crippen LogP contribution in [0, 0.1) is 11.3 Å². The van der Waals surface area contributed by atoms with Gasteiger partial charge in [-0.2, -0.15) is 5.26 Å². The lowest BCUT2D eigenvalue weighted by atomic mass is 10.1. The molecule has 0 aliphatic heterocycles. The van der Waals surface area contributed by atoms with Gasteiger partial charge < -0.3 is 4.74 Å². The Labute approximate surface area is 128 Å². The highest BCUT2D eigenvalue weighted by molar-refractivity contribution is 5.98. The van der Waals surface area contributed by atoms with Crippen molar-refractivity contribution in [2.45, 2.75) is 0 Å². The second-order valence-corrected chi connectivity index (χ2v) is 4.46. The molecule has 2 aromatic rings. The average molecular weight is 291 g/mol. The minimum absolute atomic E-state index is 0.249. The number of carbonyl (C=O) groups excluding carboxylic acids is 2. The van der Waals surface area contributed by atoms with E-state index in [0.717, 1.165) is 5.56 Å². The van der Waals surface area contributed by atoms with Crippen LogP contribution in [0.3, 0.4) is 0 Å². The number of hydrogen-bond acceptors (Lipinski definition) is 4. The summed E-state index contributed by atoms with van der Waals surface area (Å²) in [4.78, 5) is 23.3. The molecule has 2 aromatic carbocycles. The molecule has 0 saturated carbocycles. The predicted octanol–water partition coefficient (Wildman–Crippen LogP) is 3.00. The van der Waals surface area contributed by atoms with Crippen molar-refractivity contribution < 1.29 is 14.3 Å². The summed E-state index contributed by atoms with van der Waals surface area (Å²) in [6.07, 6.45) is 2.82. The number of ketones is 1. The highest BCUT2D eigenvalue weighted by Crippen LogP contribution is 2.05. The van der Waals surface area contributed by atoms with Crippen LogP contribution >= 0.6 is 0 Å². The van der Waals surface area contributed by atoms with Gasteiger partial charge in [0.05, 0.1) is 11.6 Å². The number of hydrogen-bond donors (Lipinski definition) is 0. The number of Topliss-reactive ketones (excluding diaryl/α,β-unsaturated/α-hetero) is 1. The zero-order valence-corrected chi connectivity index (χ0v) is 11.7. The summed E-state index contributed by atoms with van der Waals surface area (Å²) in [5, 5.41) is 8.69. The van der Waals surface area contributed by atoms with Crippen molar-refractivity contribution >= 4 is 17.8 Å². The molecular formula is C18H13NO3. The third-order valence-corrected chi connectivity index (χ3v) is 2.89. The zero-order valence-electron chi connectivity index (χ0n) is 11.7. The standard InChI is InChI=1S/C18H13NO3/c19-12-15-8-6-14(7-9-15)10-11-18(21)22-13-17(20)16-4-2-1-3-5-16/h1-11H,13H2/b11-10+. The maximum Gasteiger partial charge on any atom is 0.331 e. The number of benzene rings is 2. The van der Waals surface area contributed by atoms with Crippen molar-refractivity contribution in [2.75, 3.05) is 6.61 Å². The van der Waals surface area contributed by atoms with Gasteiger partial charge in [0.15, 0.2) is 12.4 Å². The van der Waals surface area contributed by atoms with E-state index >= 15 is 0 Å². The minimum Gasteiger partial charge on any atom is -0.454 e. The molecule has 0 aliphatic carbocycles. The van der Waals surface area contributed by atoms with Crippen molar-refractivity contribution in [1.29, 1.82) is 5.26 Å². The maximum atomic E-state index is 11.8. The van der Waals surface area contributed by atoms with Gasteiger partial charge in [0.2, 0.25) is 0 Å². The van der Waals surface area contributed by atoms with Crippen LogP contribution in [-0.4, -0.2) is 18.4 Å². The quantitative estimate of drug-likeness (QED) is 0.482. The van der Waals surface area contributed by atoms with Gasteiger partial charge in [0.1, 0.15) is 0 Å². The second-order valence-electron chi connectivity index (χ2n) is 4.46. The Morgan fingerprint density at radius 1 is 1.05 bits per heavy atom. The Morgan fingerprint density at radius 2 is 1.73 bits per heavy atom. The van der Waals surface area contributed by atoms with Crippen LogP contribution in [0.15, 0.2) is 60.7 Å². The van der Waals surface area contributed by atoms with Gasteiger partial charge in [0.25, 0.3) is 0 Å². The van der Waals surface area contributed by atoms with Crippen molar-refractivity contribution in [3.8, 4) is 6.07 Å². The molecular weight excluding hydrogens is 278 g/mol. The molecule has 0 radical (unpaired) electrons. The SMILES string of the molecule is N#Cc1ccc(/C=C/C(=O)OCC(=O)c2ccccc2)cc1. The highest BCUT2D eigenvalue weighted by atomic mass is 16.5. The normalized spacial score (nSPS) is 10.1. The van der Waals surface area contributed by atoms with Gasteiger partial charge in [0, 0.05) is 11.6 Å². The maximum absolute atomic E-state index is 11.8. The van der Waals surface area contributed by atoms with Crippen LogP contribution in [-0.2, 0) is 9.53 Å². The van der Waals surface area contributed by atoms with E-state index in [-0.39, 0.29) is 12.4 Å². The predicted molar refractivity (Wildman–Crippen MR) is 81.9 cm³/mol. The molecule has 0 amide bonds. The molecule has 0 saturated heterocycles. The smallest absolute Gasteiger partial charge is 0.331 e. The second kappa shape index (κ2) is 7.55. The molecule has 22 heavy (non-hydrogen) atoms. The van der Waals surface area contributed by atoms with Gasteiger partial charge in [-0.05, 0) is 23.8 Å². The Morgan fingerprint density at radius 3 is 2.36 bits per heavy atom. The molecule has 0 aromatic heterocycles. The van der Waals surface area contributed by atoms with Gasteiger partial charge >= 0.3 is 5.97 Å². The summed E-state index contributed by atoms with van der Waals surface area (Å²) < 4.78 is 4.90. The molecule has 4 nitrogen and oxygen atoms in total. The van der Waals surface area contributed by atoms with Crippen molar-refractivity contribution in [3.63, 3.8) is 0 Å². The van der Waals surface area contributed by atoms with E-state index in [1.807, 2.05) is 12.1 Å². The lowest BCUT2D eigenvalue weighted by Crippen LogP contribution is -2.12. The van der Waals surface area contributed by atoms with Gasteiger partial charge in [-0.1, -0.05) is 42.5 Å². The first-order chi connectivity index (χ1) is 10.7. The fourth-order valence-electron chi connectivity index (χ4n) is 1.73. The fraction of sp³-hybridized carbons (Fsp3) is 0.0556. The van der Waals surface area contributed by atoms with Crippen LogP contribution in [0.1, 0.15) is 21.5 Å². The van der Waals surface area contributed by atoms with E-state index in [1.54, 1.807) is 54.6 Å². The molecule has 2 rings (SSSR count). The summed E-state index contributed by atoms with van der Waals surface area (Å²) in [5.74, 6) is -0.839. The van der Waals surface area contributed by atoms with E-state index < -0.39 is 5.97 Å². The Bertz CT molecular complexity index is 725. The van der Waals surface area contributed by atoms with Crippen molar-refractivity contribution in [1.82, 2.24) is 0 Å². The number of rotatable bonds is 5. The Hall–Kier alpha value is -3.19. The molecule has 0 N–H and O–H groups in total. The topological polar surface area (TPSA) is 67.2 Å². The number of esters is 1. The molecule has 0 atom stereocenters. The third kappa shape index (κ3) is 4.43. The first kappa shape index (κ1) is 15.2. The first-order valence-corrected chi connectivity index (χ1v) is 6.62. The van der Waals surface area contributed by atoms with Crippen molar-refractivity contribution in [3.05, 3.63) is 77.4 Å². The van der Waals surface area contributed by atoms with E-state index in [9.17, 15) is 9.59 Å². The molecule has 0 aliphatic rings. The molecule has 0 unspecified atom stereocenters. The lowest BCUT2D eigenvalue weighted by Gasteiger charge is -2.01. The summed E-state index contributed by atoms with van der Waals surface area (Å²) in [6.45, 7) is -0.291. The molecule has 0 bridgehead atoms. The number of carbonyl (C=O) groups is 2. The summed E-state index contributed by atoms with van der Waals surface area (Å²) in [7, 11) is 0. The highest BCUT2D eigenvalue weighted by Gasteiger charge is 2.07. The summed E-state index contributed by atoms with van der Waals surface area (Å²) in [6, 6.07) is 17.4. The number of nitriles is 1. The summed E-state index contributed by atoms with van der Waals surface area (Å²) >= 11 is 0. The van der Waals surface area contributed by atoms with Gasteiger partial charge in [-0.3, -0.25) is 4.79 Å². The molecule has 108 valence electrons. The summed E-state index contributed by atoms with van der Waals surface area (Å²) in [5.41, 5.74) is 1.82. The molecule has 0 heterocycles. The fourth-order valence-corrected chi connectivity index (χ4v) is 1.73. The average Bonchev–Trinajstić information content (AvgIpc) is 2.59. The third-order valence-electron chi connectivity index (χ3n) is 2.89. The van der Waals surface area contributed by atoms with E-state index in [0.29, 0.717) is 11.1 Å². The van der Waals surface area contributed by atoms with Crippen LogP contribution in [0.5, 0.6) is 0 Å². The van der Waals surface area contributed by atoms with E-state index in [4.69, 9.17) is 10.00 Å². The Balaban J connectivity index is 1.86. The van der Waals surface area contributed by atoms with Gasteiger partial charge in [-0.25, -0.2) is 4.79 Å². The Kier molecular flexibility index (Phi) is 5.22. The first-order valence-electron chi connectivity index (χ1n) is 6.62. The number of nitrogens with zero attached hydrogens (tertiary/aromatic N) is 1. The molecule has 0 spiro atoms. The van der Waals surface area contributed by atoms with E-state index in [1.165, 1.54) is 6.08 Å². The lowest BCUT2D eigenvalue weighted by molar-refractivity contribution is -0.136. The van der Waals surface area contributed by atoms with E-state index in [2.05, 4.69) is 0 Å². The largest absolute Gasteiger partial charge is 0.454 e. The minimum atomic E-state index is -0.589. The number of ether oxygens (including phenoxy) is 1. The monoisotopic (exact) mass is 291 g/mol. The van der Waals surface area contributed by atoms with Crippen LogP contribution in [0.4, 0.5) is 0 Å². The van der Waals surface area contributed by atoms with Crippen LogP contribution < -0.4 is 0 Å². The van der Waals surface area contributed by atoms with Crippen LogP contribution in [0.2, 0.25) is 0 Å².